The van der Waals surface area contributed by atoms with Crippen LogP contribution < -0.4 is 11.1 Å². The molecule has 3 rings (SSSR count). The predicted octanol–water partition coefficient (Wildman–Crippen LogP) is 2.93. The van der Waals surface area contributed by atoms with Gasteiger partial charge >= 0.3 is 0 Å². The molecule has 2 heterocycles. The van der Waals surface area contributed by atoms with Crippen LogP contribution in [0.5, 0.6) is 0 Å². The predicted molar refractivity (Wildman–Crippen MR) is 110 cm³/mol. The largest absolute Gasteiger partial charge is 0.376 e. The lowest BCUT2D eigenvalue weighted by atomic mass is 10.1. The van der Waals surface area contributed by atoms with Crippen LogP contribution >= 0.6 is 0 Å². The van der Waals surface area contributed by atoms with E-state index in [1.807, 2.05) is 26.0 Å². The summed E-state index contributed by atoms with van der Waals surface area (Å²) in [4.78, 5) is 23.9. The smallest absolute Gasteiger partial charge is 0.266 e. The second kappa shape index (κ2) is 8.76. The average molecular weight is 392 g/mol. The number of nitriles is 1. The van der Waals surface area contributed by atoms with Gasteiger partial charge in [-0.05, 0) is 62.6 Å². The van der Waals surface area contributed by atoms with Crippen molar-refractivity contribution in [3.05, 3.63) is 58.4 Å². The van der Waals surface area contributed by atoms with Gasteiger partial charge in [0.15, 0.2) is 0 Å². The molecule has 1 fully saturated rings. The SMILES string of the molecule is Cc1cc(C=C(C#N)C(=O)Nc2cccc(C(N)=O)c2)c(C)n1CC1CCCO1. The van der Waals surface area contributed by atoms with Crippen LogP contribution in [0.25, 0.3) is 6.08 Å². The highest BCUT2D eigenvalue weighted by Crippen LogP contribution is 2.22. The van der Waals surface area contributed by atoms with Crippen molar-refractivity contribution in [3.63, 3.8) is 0 Å². The molecule has 1 atom stereocenters. The monoisotopic (exact) mass is 392 g/mol. The first-order valence-electron chi connectivity index (χ1n) is 9.50. The van der Waals surface area contributed by atoms with E-state index in [4.69, 9.17) is 10.5 Å². The van der Waals surface area contributed by atoms with Crippen LogP contribution in [0, 0.1) is 25.2 Å². The fourth-order valence-electron chi connectivity index (χ4n) is 3.50. The summed E-state index contributed by atoms with van der Waals surface area (Å²) in [6.45, 7) is 5.53. The number of carbonyl (C=O) groups is 2. The van der Waals surface area contributed by atoms with E-state index < -0.39 is 11.8 Å². The normalized spacial score (nSPS) is 16.4. The van der Waals surface area contributed by atoms with Crippen LogP contribution in [-0.2, 0) is 16.1 Å². The number of carbonyl (C=O) groups excluding carboxylic acids is 2. The molecule has 1 aromatic carbocycles. The van der Waals surface area contributed by atoms with Crippen molar-refractivity contribution in [3.8, 4) is 6.07 Å². The number of nitrogens with one attached hydrogen (secondary N) is 1. The number of primary amides is 1. The van der Waals surface area contributed by atoms with Gasteiger partial charge in [-0.25, -0.2) is 0 Å². The molecule has 3 N–H and O–H groups in total. The van der Waals surface area contributed by atoms with E-state index >= 15 is 0 Å². The van der Waals surface area contributed by atoms with Crippen molar-refractivity contribution in [2.75, 3.05) is 11.9 Å². The van der Waals surface area contributed by atoms with Gasteiger partial charge in [0.25, 0.3) is 5.91 Å². The molecule has 7 heteroatoms. The molecule has 2 aromatic rings. The molecular weight excluding hydrogens is 368 g/mol. The van der Waals surface area contributed by atoms with Gasteiger partial charge in [0.05, 0.1) is 6.10 Å². The van der Waals surface area contributed by atoms with Gasteiger partial charge in [-0.2, -0.15) is 5.26 Å². The summed E-state index contributed by atoms with van der Waals surface area (Å²) in [5.41, 5.74) is 8.78. The molecule has 1 saturated heterocycles. The topological polar surface area (TPSA) is 110 Å². The third-order valence-corrected chi connectivity index (χ3v) is 5.09. The number of amides is 2. The fourth-order valence-corrected chi connectivity index (χ4v) is 3.50. The summed E-state index contributed by atoms with van der Waals surface area (Å²) in [5, 5.41) is 12.1. The molecule has 1 aliphatic heterocycles. The summed E-state index contributed by atoms with van der Waals surface area (Å²) in [6, 6.07) is 10.2. The van der Waals surface area contributed by atoms with Gasteiger partial charge in [-0.3, -0.25) is 9.59 Å². The van der Waals surface area contributed by atoms with Crippen LogP contribution in [-0.4, -0.2) is 29.1 Å². The molecule has 29 heavy (non-hydrogen) atoms. The number of hydrogen-bond donors (Lipinski definition) is 2. The number of ether oxygens (including phenoxy) is 1. The van der Waals surface area contributed by atoms with Crippen LogP contribution in [0.15, 0.2) is 35.9 Å². The lowest BCUT2D eigenvalue weighted by molar-refractivity contribution is -0.112. The maximum absolute atomic E-state index is 12.6. The van der Waals surface area contributed by atoms with Gasteiger partial charge in [0.1, 0.15) is 11.6 Å². The number of aromatic nitrogens is 1. The third-order valence-electron chi connectivity index (χ3n) is 5.09. The Morgan fingerprint density at radius 2 is 2.17 bits per heavy atom. The fraction of sp³-hybridized carbons (Fsp3) is 0.318. The summed E-state index contributed by atoms with van der Waals surface area (Å²) in [5.74, 6) is -1.13. The van der Waals surface area contributed by atoms with Gasteiger partial charge in [-0.1, -0.05) is 6.07 Å². The van der Waals surface area contributed by atoms with E-state index in [0.717, 1.165) is 42.9 Å². The number of hydrogen-bond acceptors (Lipinski definition) is 4. The number of aryl methyl sites for hydroxylation is 1. The Hall–Kier alpha value is -3.37. The van der Waals surface area contributed by atoms with Gasteiger partial charge in [-0.15, -0.1) is 0 Å². The van der Waals surface area contributed by atoms with Crippen LogP contribution in [0.1, 0.15) is 40.2 Å². The van der Waals surface area contributed by atoms with Crippen LogP contribution in [0.2, 0.25) is 0 Å². The number of nitrogens with two attached hydrogens (primary N) is 1. The maximum Gasteiger partial charge on any atom is 0.266 e. The average Bonchev–Trinajstić information content (AvgIpc) is 3.30. The highest BCUT2D eigenvalue weighted by atomic mass is 16.5. The summed E-state index contributed by atoms with van der Waals surface area (Å²) >= 11 is 0. The molecule has 1 aromatic heterocycles. The van der Waals surface area contributed by atoms with Gasteiger partial charge in [0.2, 0.25) is 5.91 Å². The zero-order chi connectivity index (χ0) is 21.0. The van der Waals surface area contributed by atoms with Crippen LogP contribution in [0.3, 0.4) is 0 Å². The molecule has 1 unspecified atom stereocenters. The number of anilines is 1. The van der Waals surface area contributed by atoms with E-state index in [-0.39, 0.29) is 17.2 Å². The van der Waals surface area contributed by atoms with Crippen molar-refractivity contribution >= 4 is 23.6 Å². The Morgan fingerprint density at radius 1 is 1.38 bits per heavy atom. The van der Waals surface area contributed by atoms with Gasteiger partial charge < -0.3 is 20.4 Å². The second-order valence-corrected chi connectivity index (χ2v) is 7.14. The molecule has 7 nitrogen and oxygen atoms in total. The Kier molecular flexibility index (Phi) is 6.15. The summed E-state index contributed by atoms with van der Waals surface area (Å²) < 4.78 is 7.88. The van der Waals surface area contributed by atoms with E-state index in [9.17, 15) is 14.9 Å². The number of benzene rings is 1. The first kappa shape index (κ1) is 20.4. The molecule has 0 aliphatic carbocycles. The van der Waals surface area contributed by atoms with Crippen molar-refractivity contribution in [1.82, 2.24) is 4.57 Å². The first-order chi connectivity index (χ1) is 13.9. The summed E-state index contributed by atoms with van der Waals surface area (Å²) in [7, 11) is 0. The lowest BCUT2D eigenvalue weighted by Crippen LogP contribution is -2.17. The Morgan fingerprint density at radius 3 is 2.83 bits per heavy atom. The van der Waals surface area contributed by atoms with Crippen molar-refractivity contribution in [1.29, 1.82) is 5.26 Å². The molecule has 0 saturated carbocycles. The standard InChI is InChI=1S/C22H24N4O3/c1-14-9-17(15(2)26(14)13-20-7-4-8-29-20)10-18(12-23)22(28)25-19-6-3-5-16(11-19)21(24)27/h3,5-6,9-11,20H,4,7-8,13H2,1-2H3,(H2,24,27)(H,25,28). The minimum Gasteiger partial charge on any atom is -0.376 e. The van der Waals surface area contributed by atoms with E-state index in [2.05, 4.69) is 9.88 Å². The van der Waals surface area contributed by atoms with E-state index in [0.29, 0.717) is 5.69 Å². The first-order valence-corrected chi connectivity index (χ1v) is 9.50. The Bertz CT molecular complexity index is 1010. The van der Waals surface area contributed by atoms with Crippen molar-refractivity contribution in [2.45, 2.75) is 39.3 Å². The third kappa shape index (κ3) is 4.73. The van der Waals surface area contributed by atoms with Gasteiger partial charge in [0, 0.05) is 35.8 Å². The number of nitrogens with zero attached hydrogens (tertiary/aromatic N) is 2. The van der Waals surface area contributed by atoms with Crippen LogP contribution in [0.4, 0.5) is 5.69 Å². The molecule has 0 spiro atoms. The molecule has 150 valence electrons. The Labute approximate surface area is 169 Å². The Balaban J connectivity index is 1.80. The number of rotatable bonds is 6. The van der Waals surface area contributed by atoms with E-state index in [1.165, 1.54) is 6.07 Å². The highest BCUT2D eigenvalue weighted by Gasteiger charge is 2.19. The quantitative estimate of drug-likeness (QED) is 0.582. The molecular formula is C22H24N4O3. The highest BCUT2D eigenvalue weighted by molar-refractivity contribution is 6.10. The van der Waals surface area contributed by atoms with Crippen molar-refractivity contribution in [2.24, 2.45) is 5.73 Å². The second-order valence-electron chi connectivity index (χ2n) is 7.14. The zero-order valence-electron chi connectivity index (χ0n) is 16.6. The molecule has 1 aliphatic rings. The molecule has 0 radical (unpaired) electrons. The van der Waals surface area contributed by atoms with E-state index in [1.54, 1.807) is 24.3 Å². The molecule has 2 amide bonds. The molecule has 0 bridgehead atoms. The minimum atomic E-state index is -0.587. The minimum absolute atomic E-state index is 0.0214. The summed E-state index contributed by atoms with van der Waals surface area (Å²) in [6.07, 6.45) is 3.90. The van der Waals surface area contributed by atoms with Crippen molar-refractivity contribution < 1.29 is 14.3 Å². The maximum atomic E-state index is 12.6. The zero-order valence-corrected chi connectivity index (χ0v) is 16.6. The lowest BCUT2D eigenvalue weighted by Gasteiger charge is -2.14.